The first-order valence-corrected chi connectivity index (χ1v) is 6.33. The molecule has 1 aromatic carbocycles. The van der Waals surface area contributed by atoms with E-state index >= 15 is 0 Å². The minimum Gasteiger partial charge on any atom is -0.306 e. The van der Waals surface area contributed by atoms with Crippen molar-refractivity contribution in [3.63, 3.8) is 0 Å². The summed E-state index contributed by atoms with van der Waals surface area (Å²) in [5.41, 5.74) is 0.365. The maximum absolute atomic E-state index is 11.7. The lowest BCUT2D eigenvalue weighted by Gasteiger charge is -2.09. The van der Waals surface area contributed by atoms with Crippen LogP contribution in [0.15, 0.2) is 36.5 Å². The van der Waals surface area contributed by atoms with Gasteiger partial charge in [-0.05, 0) is 24.3 Å². The Labute approximate surface area is 124 Å². The summed E-state index contributed by atoms with van der Waals surface area (Å²) < 4.78 is 0. The fourth-order valence-electron chi connectivity index (χ4n) is 1.32. The monoisotopic (exact) mass is 315 g/mol. The number of halogens is 3. The van der Waals surface area contributed by atoms with Gasteiger partial charge in [0, 0.05) is 6.20 Å². The summed E-state index contributed by atoms with van der Waals surface area (Å²) in [6.45, 7) is 0. The lowest BCUT2D eigenvalue weighted by molar-refractivity contribution is 0.262. The molecule has 0 bridgehead atoms. The second-order valence-corrected chi connectivity index (χ2v) is 4.76. The van der Waals surface area contributed by atoms with Gasteiger partial charge in [0.15, 0.2) is 0 Å². The van der Waals surface area contributed by atoms with Gasteiger partial charge in [-0.15, -0.1) is 0 Å². The van der Waals surface area contributed by atoms with E-state index in [1.807, 2.05) is 0 Å². The average molecular weight is 317 g/mol. The zero-order valence-corrected chi connectivity index (χ0v) is 11.7. The van der Waals surface area contributed by atoms with E-state index in [1.54, 1.807) is 24.4 Å². The number of benzene rings is 1. The van der Waals surface area contributed by atoms with Crippen LogP contribution in [0.5, 0.6) is 0 Å². The van der Waals surface area contributed by atoms with Gasteiger partial charge in [-0.25, -0.2) is 9.78 Å². The Morgan fingerprint density at radius 2 is 1.74 bits per heavy atom. The molecule has 1 heterocycles. The number of aromatic nitrogens is 1. The number of anilines is 2. The highest BCUT2D eigenvalue weighted by Crippen LogP contribution is 2.32. The van der Waals surface area contributed by atoms with Crippen molar-refractivity contribution < 1.29 is 4.79 Å². The Bertz CT molecular complexity index is 605. The molecule has 0 aliphatic carbocycles. The number of urea groups is 1. The van der Waals surface area contributed by atoms with Crippen LogP contribution < -0.4 is 10.6 Å². The minimum atomic E-state index is -0.473. The van der Waals surface area contributed by atoms with Crippen molar-refractivity contribution in [2.45, 2.75) is 0 Å². The van der Waals surface area contributed by atoms with Crippen LogP contribution in [0.1, 0.15) is 0 Å². The van der Waals surface area contributed by atoms with Gasteiger partial charge >= 0.3 is 6.03 Å². The van der Waals surface area contributed by atoms with E-state index in [0.29, 0.717) is 26.6 Å². The van der Waals surface area contributed by atoms with Crippen LogP contribution in [0.25, 0.3) is 0 Å². The van der Waals surface area contributed by atoms with Crippen LogP contribution in [-0.2, 0) is 0 Å². The smallest absolute Gasteiger partial charge is 0.306 e. The molecule has 0 saturated carbocycles. The Kier molecular flexibility index (Phi) is 4.47. The Morgan fingerprint density at radius 3 is 2.42 bits per heavy atom. The summed E-state index contributed by atoms with van der Waals surface area (Å²) >= 11 is 17.6. The first-order chi connectivity index (χ1) is 9.06. The van der Waals surface area contributed by atoms with Crippen LogP contribution in [-0.4, -0.2) is 11.0 Å². The SMILES string of the molecule is O=C(Nc1ccccn1)Nc1cc(Cl)c(Cl)cc1Cl. The number of rotatable bonds is 2. The molecule has 2 amide bonds. The van der Waals surface area contributed by atoms with E-state index in [0.717, 1.165) is 0 Å². The number of nitrogens with zero attached hydrogens (tertiary/aromatic N) is 1. The number of amides is 2. The highest BCUT2D eigenvalue weighted by molar-refractivity contribution is 6.44. The van der Waals surface area contributed by atoms with Crippen molar-refractivity contribution in [1.29, 1.82) is 0 Å². The molecule has 0 atom stereocenters. The number of carbonyl (C=O) groups is 1. The van der Waals surface area contributed by atoms with Gasteiger partial charge in [-0.2, -0.15) is 0 Å². The molecule has 7 heteroatoms. The van der Waals surface area contributed by atoms with E-state index < -0.39 is 6.03 Å². The number of nitrogens with one attached hydrogen (secondary N) is 2. The van der Waals surface area contributed by atoms with E-state index in [9.17, 15) is 4.79 Å². The fourth-order valence-corrected chi connectivity index (χ4v) is 1.92. The predicted octanol–water partition coefficient (Wildman–Crippen LogP) is 4.69. The van der Waals surface area contributed by atoms with Crippen molar-refractivity contribution in [2.24, 2.45) is 0 Å². The zero-order valence-electron chi connectivity index (χ0n) is 9.45. The molecule has 0 aliphatic heterocycles. The van der Waals surface area contributed by atoms with E-state index in [2.05, 4.69) is 15.6 Å². The maximum Gasteiger partial charge on any atom is 0.324 e. The zero-order chi connectivity index (χ0) is 13.8. The Morgan fingerprint density at radius 1 is 1.00 bits per heavy atom. The number of hydrogen-bond acceptors (Lipinski definition) is 2. The summed E-state index contributed by atoms with van der Waals surface area (Å²) in [6.07, 6.45) is 1.57. The third kappa shape index (κ3) is 3.73. The van der Waals surface area contributed by atoms with Crippen LogP contribution in [0, 0.1) is 0 Å². The largest absolute Gasteiger partial charge is 0.324 e. The van der Waals surface area contributed by atoms with Crippen LogP contribution >= 0.6 is 34.8 Å². The van der Waals surface area contributed by atoms with Crippen molar-refractivity contribution >= 4 is 52.3 Å². The van der Waals surface area contributed by atoms with Crippen molar-refractivity contribution in [2.75, 3.05) is 10.6 Å². The van der Waals surface area contributed by atoms with E-state index in [-0.39, 0.29) is 0 Å². The first kappa shape index (κ1) is 13.9. The second-order valence-electron chi connectivity index (χ2n) is 3.54. The van der Waals surface area contributed by atoms with Crippen molar-refractivity contribution in [3.8, 4) is 0 Å². The summed E-state index contributed by atoms with van der Waals surface area (Å²) in [5.74, 6) is 0.427. The summed E-state index contributed by atoms with van der Waals surface area (Å²) in [6, 6.07) is 7.63. The maximum atomic E-state index is 11.7. The molecule has 0 aliphatic rings. The molecule has 98 valence electrons. The van der Waals surface area contributed by atoms with Gasteiger partial charge in [0.05, 0.1) is 20.8 Å². The highest BCUT2D eigenvalue weighted by Gasteiger charge is 2.09. The van der Waals surface area contributed by atoms with Crippen molar-refractivity contribution in [3.05, 3.63) is 51.6 Å². The standard InChI is InChI=1S/C12H8Cl3N3O/c13-7-5-9(15)10(6-8(7)14)17-12(19)18-11-3-1-2-4-16-11/h1-6H,(H2,16,17,18,19). The highest BCUT2D eigenvalue weighted by atomic mass is 35.5. The molecule has 0 fully saturated rings. The van der Waals surface area contributed by atoms with Gasteiger partial charge in [0.25, 0.3) is 0 Å². The summed E-state index contributed by atoms with van der Waals surface area (Å²) in [5, 5.41) is 6.04. The quantitative estimate of drug-likeness (QED) is 0.790. The second kappa shape index (κ2) is 6.10. The van der Waals surface area contributed by atoms with Crippen LogP contribution in [0.4, 0.5) is 16.3 Å². The molecule has 0 saturated heterocycles. The predicted molar refractivity (Wildman–Crippen MR) is 78.4 cm³/mol. The van der Waals surface area contributed by atoms with Gasteiger partial charge in [0.2, 0.25) is 0 Å². The molecule has 2 aromatic rings. The van der Waals surface area contributed by atoms with Gasteiger partial charge < -0.3 is 5.32 Å². The van der Waals surface area contributed by atoms with Gasteiger partial charge in [-0.3, -0.25) is 5.32 Å². The third-order valence-electron chi connectivity index (χ3n) is 2.16. The summed E-state index contributed by atoms with van der Waals surface area (Å²) in [4.78, 5) is 15.7. The molecule has 1 aromatic heterocycles. The molecule has 2 N–H and O–H groups in total. The first-order valence-electron chi connectivity index (χ1n) is 5.20. The molecule has 0 radical (unpaired) electrons. The molecule has 0 spiro atoms. The molecular weight excluding hydrogens is 309 g/mol. The molecular formula is C12H8Cl3N3O. The number of hydrogen-bond donors (Lipinski definition) is 2. The van der Waals surface area contributed by atoms with Gasteiger partial charge in [0.1, 0.15) is 5.82 Å². The Hall–Kier alpha value is -1.49. The van der Waals surface area contributed by atoms with Crippen LogP contribution in [0.3, 0.4) is 0 Å². The third-order valence-corrected chi connectivity index (χ3v) is 3.20. The number of pyridine rings is 1. The molecule has 4 nitrogen and oxygen atoms in total. The molecule has 0 unspecified atom stereocenters. The fraction of sp³-hybridized carbons (Fsp3) is 0. The van der Waals surface area contributed by atoms with E-state index in [1.165, 1.54) is 12.1 Å². The molecule has 2 rings (SSSR count). The van der Waals surface area contributed by atoms with E-state index in [4.69, 9.17) is 34.8 Å². The lowest BCUT2D eigenvalue weighted by Crippen LogP contribution is -2.20. The lowest BCUT2D eigenvalue weighted by atomic mass is 10.3. The van der Waals surface area contributed by atoms with Crippen molar-refractivity contribution in [1.82, 2.24) is 4.98 Å². The van der Waals surface area contributed by atoms with Crippen LogP contribution in [0.2, 0.25) is 15.1 Å². The minimum absolute atomic E-state index is 0.297. The summed E-state index contributed by atoms with van der Waals surface area (Å²) in [7, 11) is 0. The normalized spacial score (nSPS) is 10.1. The molecule has 19 heavy (non-hydrogen) atoms. The van der Waals surface area contributed by atoms with Gasteiger partial charge in [-0.1, -0.05) is 40.9 Å². The number of carbonyl (C=O) groups excluding carboxylic acids is 1. The topological polar surface area (TPSA) is 54.0 Å². The Balaban J connectivity index is 2.09. The average Bonchev–Trinajstić information content (AvgIpc) is 2.37.